The van der Waals surface area contributed by atoms with E-state index in [-0.39, 0.29) is 5.91 Å². The molecule has 1 aliphatic rings. The summed E-state index contributed by atoms with van der Waals surface area (Å²) in [7, 11) is 1.62. The molecule has 8 heteroatoms. The van der Waals surface area contributed by atoms with Crippen LogP contribution in [-0.2, 0) is 4.79 Å². The highest BCUT2D eigenvalue weighted by Crippen LogP contribution is 2.39. The topological polar surface area (TPSA) is 90.3 Å². The Morgan fingerprint density at radius 2 is 1.97 bits per heavy atom. The molecule has 2 N–H and O–H groups in total. The normalized spacial score (nSPS) is 14.9. The van der Waals surface area contributed by atoms with Gasteiger partial charge in [-0.25, -0.2) is 4.68 Å². The van der Waals surface area contributed by atoms with Gasteiger partial charge in [0.15, 0.2) is 11.5 Å². The Morgan fingerprint density at radius 1 is 1.15 bits per heavy atom. The molecule has 8 nitrogen and oxygen atoms in total. The summed E-state index contributed by atoms with van der Waals surface area (Å²) in [5.74, 6) is 1.66. The minimum atomic E-state index is -0.483. The van der Waals surface area contributed by atoms with Gasteiger partial charge in [0.05, 0.1) is 19.3 Å². The summed E-state index contributed by atoms with van der Waals surface area (Å²) < 4.78 is 13.2. The Bertz CT molecular complexity index is 1230. The number of aryl methyl sites for hydroxylation is 2. The Labute approximate surface area is 200 Å². The fourth-order valence-corrected chi connectivity index (χ4v) is 4.14. The molecule has 1 amide bonds. The lowest BCUT2D eigenvalue weighted by Crippen LogP contribution is -2.31. The molecule has 0 saturated carbocycles. The van der Waals surface area contributed by atoms with Gasteiger partial charge in [-0.2, -0.15) is 10.1 Å². The van der Waals surface area contributed by atoms with Gasteiger partial charge in [-0.05, 0) is 56.5 Å². The van der Waals surface area contributed by atoms with E-state index < -0.39 is 6.04 Å². The first-order chi connectivity index (χ1) is 16.4. The highest BCUT2D eigenvalue weighted by atomic mass is 16.5. The number of nitrogens with one attached hydrogen (secondary N) is 2. The van der Waals surface area contributed by atoms with E-state index in [1.165, 1.54) is 6.33 Å². The summed E-state index contributed by atoms with van der Waals surface area (Å²) in [4.78, 5) is 17.9. The minimum Gasteiger partial charge on any atom is -0.493 e. The molecular weight excluding hydrogens is 430 g/mol. The minimum absolute atomic E-state index is 0.203. The van der Waals surface area contributed by atoms with Gasteiger partial charge in [0.2, 0.25) is 5.95 Å². The van der Waals surface area contributed by atoms with E-state index in [1.54, 1.807) is 11.8 Å². The third kappa shape index (κ3) is 4.62. The SMILES string of the molecule is CCCCOc1ccc(C2C(C(=O)Nc3ccc(C)cc3C)=C(C)Nc3ncnn32)cc1OC. The Balaban J connectivity index is 1.72. The predicted octanol–water partition coefficient (Wildman–Crippen LogP) is 5.01. The molecular formula is C26H31N5O3. The molecule has 0 aliphatic carbocycles. The number of carbonyl (C=O) groups excluding carboxylic acids is 1. The van der Waals surface area contributed by atoms with Crippen molar-refractivity contribution in [3.63, 3.8) is 0 Å². The van der Waals surface area contributed by atoms with Crippen LogP contribution in [0.4, 0.5) is 11.6 Å². The number of anilines is 2. The van der Waals surface area contributed by atoms with Crippen LogP contribution in [0.5, 0.6) is 11.5 Å². The van der Waals surface area contributed by atoms with Crippen LogP contribution in [0, 0.1) is 13.8 Å². The van der Waals surface area contributed by atoms with Crippen molar-refractivity contribution in [1.82, 2.24) is 14.8 Å². The van der Waals surface area contributed by atoms with Crippen molar-refractivity contribution in [3.05, 3.63) is 70.7 Å². The maximum absolute atomic E-state index is 13.6. The average molecular weight is 462 g/mol. The first-order valence-electron chi connectivity index (χ1n) is 11.5. The summed E-state index contributed by atoms with van der Waals surface area (Å²) in [5, 5.41) is 10.7. The van der Waals surface area contributed by atoms with Crippen LogP contribution in [0.1, 0.15) is 49.4 Å². The van der Waals surface area contributed by atoms with Crippen LogP contribution in [0.2, 0.25) is 0 Å². The molecule has 3 aromatic rings. The van der Waals surface area contributed by atoms with E-state index in [4.69, 9.17) is 9.47 Å². The zero-order chi connectivity index (χ0) is 24.2. The summed E-state index contributed by atoms with van der Waals surface area (Å²) in [6.07, 6.45) is 3.49. The first kappa shape index (κ1) is 23.4. The van der Waals surface area contributed by atoms with Crippen molar-refractivity contribution < 1.29 is 14.3 Å². The van der Waals surface area contributed by atoms with E-state index >= 15 is 0 Å². The maximum Gasteiger partial charge on any atom is 0.255 e. The van der Waals surface area contributed by atoms with Crippen molar-refractivity contribution in [2.75, 3.05) is 24.4 Å². The molecule has 0 radical (unpaired) electrons. The molecule has 1 atom stereocenters. The van der Waals surface area contributed by atoms with E-state index in [0.717, 1.165) is 40.9 Å². The van der Waals surface area contributed by atoms with Gasteiger partial charge in [0, 0.05) is 11.4 Å². The molecule has 178 valence electrons. The number of allylic oxidation sites excluding steroid dienone is 1. The first-order valence-corrected chi connectivity index (χ1v) is 11.5. The Morgan fingerprint density at radius 3 is 2.71 bits per heavy atom. The Kier molecular flexibility index (Phi) is 6.86. The number of methoxy groups -OCH3 is 1. The molecule has 0 bridgehead atoms. The molecule has 0 spiro atoms. The number of benzene rings is 2. The largest absolute Gasteiger partial charge is 0.493 e. The molecule has 0 fully saturated rings. The number of hydrogen-bond acceptors (Lipinski definition) is 6. The van der Waals surface area contributed by atoms with E-state index in [9.17, 15) is 4.79 Å². The second kappa shape index (κ2) is 9.99. The molecule has 2 aromatic carbocycles. The van der Waals surface area contributed by atoms with Crippen LogP contribution >= 0.6 is 0 Å². The highest BCUT2D eigenvalue weighted by molar-refractivity contribution is 6.06. The van der Waals surface area contributed by atoms with Crippen molar-refractivity contribution in [2.24, 2.45) is 0 Å². The van der Waals surface area contributed by atoms with Gasteiger partial charge in [0.1, 0.15) is 12.4 Å². The standard InChI is InChI=1S/C26H31N5O3/c1-6-7-12-34-21-11-9-19(14-22(21)33-5)24-23(18(4)29-26-27-15-28-31(24)26)25(32)30-20-10-8-16(2)13-17(20)3/h8-11,13-15,24H,6-7,12H2,1-5H3,(H,30,32)(H,27,28,29). The second-order valence-electron chi connectivity index (χ2n) is 8.48. The summed E-state index contributed by atoms with van der Waals surface area (Å²) in [5.41, 5.74) is 5.04. The number of carbonyl (C=O) groups is 1. The molecule has 1 aromatic heterocycles. The third-order valence-electron chi connectivity index (χ3n) is 5.93. The lowest BCUT2D eigenvalue weighted by Gasteiger charge is -2.29. The van der Waals surface area contributed by atoms with Gasteiger partial charge in [-0.15, -0.1) is 0 Å². The lowest BCUT2D eigenvalue weighted by atomic mass is 9.94. The van der Waals surface area contributed by atoms with Crippen LogP contribution in [-0.4, -0.2) is 34.4 Å². The Hall–Kier alpha value is -3.81. The van der Waals surface area contributed by atoms with Gasteiger partial charge < -0.3 is 20.1 Å². The number of nitrogens with zero attached hydrogens (tertiary/aromatic N) is 3. The molecule has 34 heavy (non-hydrogen) atoms. The zero-order valence-electron chi connectivity index (χ0n) is 20.3. The van der Waals surface area contributed by atoms with Crippen LogP contribution in [0.25, 0.3) is 0 Å². The van der Waals surface area contributed by atoms with Crippen molar-refractivity contribution in [1.29, 1.82) is 0 Å². The van der Waals surface area contributed by atoms with Gasteiger partial charge in [-0.1, -0.05) is 37.1 Å². The monoisotopic (exact) mass is 461 g/mol. The fourth-order valence-electron chi connectivity index (χ4n) is 4.14. The maximum atomic E-state index is 13.6. The van der Waals surface area contributed by atoms with Crippen LogP contribution in [0.3, 0.4) is 0 Å². The van der Waals surface area contributed by atoms with Gasteiger partial charge >= 0.3 is 0 Å². The quantitative estimate of drug-likeness (QED) is 0.458. The van der Waals surface area contributed by atoms with Crippen LogP contribution in [0.15, 0.2) is 54.0 Å². The summed E-state index contributed by atoms with van der Waals surface area (Å²) >= 11 is 0. The van der Waals surface area contributed by atoms with Crippen molar-refractivity contribution >= 4 is 17.5 Å². The summed E-state index contributed by atoms with van der Waals surface area (Å²) in [6, 6.07) is 11.2. The number of unbranched alkanes of at least 4 members (excludes halogenated alkanes) is 1. The molecule has 0 saturated heterocycles. The van der Waals surface area contributed by atoms with Gasteiger partial charge in [0.25, 0.3) is 5.91 Å². The smallest absolute Gasteiger partial charge is 0.255 e. The van der Waals surface area contributed by atoms with E-state index in [0.29, 0.717) is 29.6 Å². The molecule has 2 heterocycles. The summed E-state index contributed by atoms with van der Waals surface area (Å²) in [6.45, 7) is 8.63. The van der Waals surface area contributed by atoms with Crippen LogP contribution < -0.4 is 20.1 Å². The molecule has 1 aliphatic heterocycles. The number of ether oxygens (including phenoxy) is 2. The average Bonchev–Trinajstić information content (AvgIpc) is 3.28. The van der Waals surface area contributed by atoms with Crippen molar-refractivity contribution in [3.8, 4) is 11.5 Å². The lowest BCUT2D eigenvalue weighted by molar-refractivity contribution is -0.113. The number of rotatable bonds is 8. The number of hydrogen-bond donors (Lipinski definition) is 2. The van der Waals surface area contributed by atoms with E-state index in [1.807, 2.05) is 57.2 Å². The van der Waals surface area contributed by atoms with Crippen molar-refractivity contribution in [2.45, 2.75) is 46.6 Å². The highest BCUT2D eigenvalue weighted by Gasteiger charge is 2.34. The number of amides is 1. The van der Waals surface area contributed by atoms with E-state index in [2.05, 4.69) is 27.6 Å². The third-order valence-corrected chi connectivity index (χ3v) is 5.93. The zero-order valence-corrected chi connectivity index (χ0v) is 20.3. The molecule has 4 rings (SSSR count). The number of fused-ring (bicyclic) bond motifs is 1. The fraction of sp³-hybridized carbons (Fsp3) is 0.346. The molecule has 1 unspecified atom stereocenters. The van der Waals surface area contributed by atoms with Gasteiger partial charge in [-0.3, -0.25) is 4.79 Å². The second-order valence-corrected chi connectivity index (χ2v) is 8.48. The number of aromatic nitrogens is 3. The predicted molar refractivity (Wildman–Crippen MR) is 132 cm³/mol.